The number of hydrogen-bond acceptors (Lipinski definition) is 3. The maximum atomic E-state index is 6.86. The number of nitrogens with zero attached hydrogens (tertiary/aromatic N) is 3. The molecule has 10 aromatic rings. The van der Waals surface area contributed by atoms with E-state index in [1.165, 1.54) is 5.39 Å². The summed E-state index contributed by atoms with van der Waals surface area (Å²) in [4.78, 5) is 10.6. The highest BCUT2D eigenvalue weighted by atomic mass is 16.3. The van der Waals surface area contributed by atoms with Crippen molar-refractivity contribution < 1.29 is 4.42 Å². The number of benzene rings is 7. The van der Waals surface area contributed by atoms with Gasteiger partial charge in [0.15, 0.2) is 5.82 Å². The molecule has 0 aliphatic heterocycles. The number of para-hydroxylation sites is 3. The van der Waals surface area contributed by atoms with E-state index in [0.29, 0.717) is 0 Å². The number of rotatable bonds is 2. The molecule has 4 heteroatoms. The van der Waals surface area contributed by atoms with Gasteiger partial charge in [0.2, 0.25) is 0 Å². The molecular formula is C40H23N3O. The van der Waals surface area contributed by atoms with Crippen LogP contribution in [0.1, 0.15) is 0 Å². The Balaban J connectivity index is 1.48. The Morgan fingerprint density at radius 1 is 0.455 bits per heavy atom. The van der Waals surface area contributed by atoms with Crippen LogP contribution < -0.4 is 0 Å². The van der Waals surface area contributed by atoms with Gasteiger partial charge in [-0.25, -0.2) is 9.97 Å². The largest absolute Gasteiger partial charge is 0.455 e. The molecule has 10 rings (SSSR count). The fourth-order valence-electron chi connectivity index (χ4n) is 7.06. The van der Waals surface area contributed by atoms with Crippen LogP contribution in [0.2, 0.25) is 0 Å². The fraction of sp³-hybridized carbons (Fsp3) is 0. The van der Waals surface area contributed by atoms with Gasteiger partial charge in [-0.1, -0.05) is 115 Å². The van der Waals surface area contributed by atoms with Crippen LogP contribution in [-0.4, -0.2) is 14.5 Å². The molecular weight excluding hydrogens is 538 g/mol. The molecule has 0 N–H and O–H groups in total. The molecule has 0 saturated heterocycles. The van der Waals surface area contributed by atoms with Crippen molar-refractivity contribution in [3.05, 3.63) is 140 Å². The minimum atomic E-state index is 0.809. The maximum Gasteiger partial charge on any atom is 0.165 e. The van der Waals surface area contributed by atoms with Crippen molar-refractivity contribution in [3.8, 4) is 17.1 Å². The van der Waals surface area contributed by atoms with Crippen LogP contribution in [-0.2, 0) is 0 Å². The van der Waals surface area contributed by atoms with Gasteiger partial charge in [-0.15, -0.1) is 0 Å². The molecule has 0 fully saturated rings. The van der Waals surface area contributed by atoms with Crippen LogP contribution in [0.4, 0.5) is 0 Å². The molecule has 44 heavy (non-hydrogen) atoms. The second kappa shape index (κ2) is 8.76. The molecule has 0 bridgehead atoms. The van der Waals surface area contributed by atoms with Gasteiger partial charge in [-0.05, 0) is 29.7 Å². The third-order valence-corrected chi connectivity index (χ3v) is 8.94. The number of aromatic nitrogens is 3. The van der Waals surface area contributed by atoms with Gasteiger partial charge in [0, 0.05) is 43.3 Å². The predicted octanol–water partition coefficient (Wildman–Crippen LogP) is 10.6. The summed E-state index contributed by atoms with van der Waals surface area (Å²) < 4.78 is 9.19. The van der Waals surface area contributed by atoms with E-state index in [4.69, 9.17) is 14.4 Å². The highest BCUT2D eigenvalue weighted by molar-refractivity contribution is 6.37. The first-order valence-corrected chi connectivity index (χ1v) is 14.9. The van der Waals surface area contributed by atoms with Crippen molar-refractivity contribution in [1.82, 2.24) is 14.5 Å². The van der Waals surface area contributed by atoms with Crippen LogP contribution in [0.15, 0.2) is 144 Å². The molecule has 0 aliphatic rings. The number of fused-ring (bicyclic) bond motifs is 13. The Hall–Kier alpha value is -6.00. The minimum absolute atomic E-state index is 0.809. The first kappa shape index (κ1) is 23.6. The van der Waals surface area contributed by atoms with Crippen LogP contribution in [0, 0.1) is 0 Å². The molecule has 204 valence electrons. The first-order valence-electron chi connectivity index (χ1n) is 14.9. The van der Waals surface area contributed by atoms with E-state index >= 15 is 0 Å². The molecule has 0 spiro atoms. The predicted molar refractivity (Wildman–Crippen MR) is 182 cm³/mol. The summed E-state index contributed by atoms with van der Waals surface area (Å²) in [6.45, 7) is 0. The summed E-state index contributed by atoms with van der Waals surface area (Å²) in [6, 6.07) is 48.6. The molecule has 7 aromatic carbocycles. The quantitative estimate of drug-likeness (QED) is 0.211. The molecule has 0 atom stereocenters. The summed E-state index contributed by atoms with van der Waals surface area (Å²) in [7, 11) is 0. The van der Waals surface area contributed by atoms with Crippen molar-refractivity contribution in [1.29, 1.82) is 0 Å². The van der Waals surface area contributed by atoms with Gasteiger partial charge in [0.25, 0.3) is 0 Å². The van der Waals surface area contributed by atoms with E-state index in [0.717, 1.165) is 88.0 Å². The zero-order valence-corrected chi connectivity index (χ0v) is 23.5. The average molecular weight is 562 g/mol. The highest BCUT2D eigenvalue weighted by Gasteiger charge is 2.25. The SMILES string of the molecule is c1ccc(-c2nc3ccccc3nc2-n2c3ccccc3c3c4c5ccc6ccccc6c5oc4c4ccccc4c32)cc1. The van der Waals surface area contributed by atoms with E-state index in [-0.39, 0.29) is 0 Å². The summed E-state index contributed by atoms with van der Waals surface area (Å²) in [5.41, 5.74) is 7.62. The molecule has 0 radical (unpaired) electrons. The normalized spacial score (nSPS) is 12.1. The smallest absolute Gasteiger partial charge is 0.165 e. The van der Waals surface area contributed by atoms with E-state index in [1.807, 2.05) is 30.3 Å². The van der Waals surface area contributed by atoms with Gasteiger partial charge in [-0.3, -0.25) is 4.57 Å². The monoisotopic (exact) mass is 561 g/mol. The Bertz CT molecular complexity index is 2770. The van der Waals surface area contributed by atoms with Crippen LogP contribution in [0.25, 0.3) is 93.4 Å². The average Bonchev–Trinajstić information content (AvgIpc) is 3.65. The van der Waals surface area contributed by atoms with Gasteiger partial charge in [0.05, 0.1) is 22.1 Å². The summed E-state index contributed by atoms with van der Waals surface area (Å²) in [5.74, 6) is 0.809. The third-order valence-electron chi connectivity index (χ3n) is 8.94. The van der Waals surface area contributed by atoms with Gasteiger partial charge in [-0.2, -0.15) is 0 Å². The van der Waals surface area contributed by atoms with Crippen LogP contribution in [0.5, 0.6) is 0 Å². The standard InChI is InChI=1S/C40H23N3O/c1-2-13-25(14-3-1)36-40(42-32-20-10-9-19-31(32)41-36)43-33-21-11-8-18-29(33)34-35-30-23-22-24-12-4-5-15-26(24)38(30)44-39(35)28-17-7-6-16-27(28)37(34)43/h1-23H. The third kappa shape index (κ3) is 3.11. The van der Waals surface area contributed by atoms with Gasteiger partial charge >= 0.3 is 0 Å². The molecule has 0 aliphatic carbocycles. The lowest BCUT2D eigenvalue weighted by molar-refractivity contribution is 0.676. The zero-order chi connectivity index (χ0) is 28.8. The Labute approximate surface area is 251 Å². The second-order valence-electron chi connectivity index (χ2n) is 11.3. The first-order chi connectivity index (χ1) is 21.8. The summed E-state index contributed by atoms with van der Waals surface area (Å²) in [6.07, 6.45) is 0. The van der Waals surface area contributed by atoms with Crippen molar-refractivity contribution in [3.63, 3.8) is 0 Å². The molecule has 3 aromatic heterocycles. The van der Waals surface area contributed by atoms with E-state index in [2.05, 4.69) is 114 Å². The fourth-order valence-corrected chi connectivity index (χ4v) is 7.06. The van der Waals surface area contributed by atoms with Crippen LogP contribution in [0.3, 0.4) is 0 Å². The molecule has 0 saturated carbocycles. The zero-order valence-electron chi connectivity index (χ0n) is 23.5. The van der Waals surface area contributed by atoms with Gasteiger partial charge in [0.1, 0.15) is 16.9 Å². The molecule has 0 unspecified atom stereocenters. The lowest BCUT2D eigenvalue weighted by atomic mass is 9.98. The molecule has 0 amide bonds. The molecule has 4 nitrogen and oxygen atoms in total. The Kier molecular flexibility index (Phi) is 4.69. The Morgan fingerprint density at radius 3 is 1.95 bits per heavy atom. The second-order valence-corrected chi connectivity index (χ2v) is 11.3. The highest BCUT2D eigenvalue weighted by Crippen LogP contribution is 2.47. The van der Waals surface area contributed by atoms with Crippen LogP contribution >= 0.6 is 0 Å². The van der Waals surface area contributed by atoms with Gasteiger partial charge < -0.3 is 4.42 Å². The van der Waals surface area contributed by atoms with Crippen molar-refractivity contribution in [2.75, 3.05) is 0 Å². The maximum absolute atomic E-state index is 6.86. The number of furan rings is 1. The Morgan fingerprint density at radius 2 is 1.11 bits per heavy atom. The summed E-state index contributed by atoms with van der Waals surface area (Å²) >= 11 is 0. The van der Waals surface area contributed by atoms with E-state index in [9.17, 15) is 0 Å². The lowest BCUT2D eigenvalue weighted by Crippen LogP contribution is -2.04. The van der Waals surface area contributed by atoms with Crippen molar-refractivity contribution in [2.45, 2.75) is 0 Å². The minimum Gasteiger partial charge on any atom is -0.455 e. The topological polar surface area (TPSA) is 43.9 Å². The lowest BCUT2D eigenvalue weighted by Gasteiger charge is -2.14. The summed E-state index contributed by atoms with van der Waals surface area (Å²) in [5, 5.41) is 9.04. The van der Waals surface area contributed by atoms with E-state index < -0.39 is 0 Å². The van der Waals surface area contributed by atoms with Crippen molar-refractivity contribution >= 4 is 76.3 Å². The molecule has 3 heterocycles. The van der Waals surface area contributed by atoms with Crippen molar-refractivity contribution in [2.24, 2.45) is 0 Å². The van der Waals surface area contributed by atoms with E-state index in [1.54, 1.807) is 0 Å². The number of hydrogen-bond donors (Lipinski definition) is 0.